The monoisotopic (exact) mass is 399 g/mol. The number of hydrogen-bond donors (Lipinski definition) is 0. The van der Waals surface area contributed by atoms with E-state index in [4.69, 9.17) is 14.0 Å². The van der Waals surface area contributed by atoms with Crippen LogP contribution in [0.2, 0.25) is 0 Å². The number of nitrogens with zero attached hydrogens (tertiary/aromatic N) is 1. The summed E-state index contributed by atoms with van der Waals surface area (Å²) in [5.41, 5.74) is 2.07. The highest BCUT2D eigenvalue weighted by Gasteiger charge is 2.23. The van der Waals surface area contributed by atoms with Crippen LogP contribution in [0.4, 0.5) is 0 Å². The molecule has 1 unspecified atom stereocenters. The Labute approximate surface area is 152 Å². The molecule has 1 atom stereocenters. The summed E-state index contributed by atoms with van der Waals surface area (Å²) in [7, 11) is 0. The van der Waals surface area contributed by atoms with E-state index in [0.29, 0.717) is 24.4 Å². The molecule has 1 aromatic heterocycles. The lowest BCUT2D eigenvalue weighted by Gasteiger charge is -2.10. The summed E-state index contributed by atoms with van der Waals surface area (Å²) in [6, 6.07) is 16.5. The van der Waals surface area contributed by atoms with Gasteiger partial charge in [0.2, 0.25) is 0 Å². The first-order chi connectivity index (χ1) is 12.2. The molecule has 2 aromatic carbocycles. The van der Waals surface area contributed by atoms with E-state index in [1.54, 1.807) is 12.1 Å². The molecule has 1 aliphatic rings. The zero-order valence-electron chi connectivity index (χ0n) is 13.1. The fourth-order valence-electron chi connectivity index (χ4n) is 2.65. The lowest BCUT2D eigenvalue weighted by Crippen LogP contribution is -2.18. The molecule has 2 heterocycles. The van der Waals surface area contributed by atoms with Crippen LogP contribution in [-0.2, 0) is 4.84 Å². The third-order valence-corrected chi connectivity index (χ3v) is 4.47. The van der Waals surface area contributed by atoms with E-state index in [0.717, 1.165) is 21.1 Å². The van der Waals surface area contributed by atoms with Gasteiger partial charge in [-0.25, -0.2) is 4.79 Å². The molecule has 6 heteroatoms. The largest absolute Gasteiger partial charge is 0.489 e. The molecule has 1 aliphatic heterocycles. The maximum atomic E-state index is 11.3. The van der Waals surface area contributed by atoms with Crippen LogP contribution in [0.1, 0.15) is 12.0 Å². The lowest BCUT2D eigenvalue weighted by molar-refractivity contribution is 0.0471. The van der Waals surface area contributed by atoms with Crippen LogP contribution in [-0.4, -0.2) is 18.4 Å². The van der Waals surface area contributed by atoms with Gasteiger partial charge in [0.15, 0.2) is 6.10 Å². The van der Waals surface area contributed by atoms with E-state index in [9.17, 15) is 4.79 Å². The molecule has 0 bridgehead atoms. The fraction of sp³-hybridized carbons (Fsp3) is 0.158. The van der Waals surface area contributed by atoms with Gasteiger partial charge in [-0.05, 0) is 35.9 Å². The number of benzene rings is 2. The Morgan fingerprint density at radius 1 is 1.12 bits per heavy atom. The molecule has 5 nitrogen and oxygen atoms in total. The SMILES string of the molecule is O=c1ccc2ccc(OCC3CC(c4ccc(Br)cc4)=NO3)cc2o1. The number of hydrogen-bond acceptors (Lipinski definition) is 5. The number of rotatable bonds is 4. The third kappa shape index (κ3) is 3.58. The van der Waals surface area contributed by atoms with Crippen molar-refractivity contribution in [3.63, 3.8) is 0 Å². The smallest absolute Gasteiger partial charge is 0.336 e. The zero-order chi connectivity index (χ0) is 17.2. The molecule has 0 radical (unpaired) electrons. The molecular weight excluding hydrogens is 386 g/mol. The van der Waals surface area contributed by atoms with Gasteiger partial charge >= 0.3 is 5.63 Å². The lowest BCUT2D eigenvalue weighted by atomic mass is 10.1. The molecule has 0 aliphatic carbocycles. The second-order valence-electron chi connectivity index (χ2n) is 5.74. The normalized spacial score (nSPS) is 16.5. The molecule has 0 fully saturated rings. The van der Waals surface area contributed by atoms with Crippen molar-refractivity contribution in [1.29, 1.82) is 0 Å². The van der Waals surface area contributed by atoms with Crippen LogP contribution in [0.25, 0.3) is 11.0 Å². The Kier molecular flexibility index (Phi) is 4.28. The average Bonchev–Trinajstić information content (AvgIpc) is 3.09. The standard InChI is InChI=1S/C19H14BrNO4/c20-14-5-1-12(2-6-14)17-9-16(25-21-17)11-23-15-7-3-13-4-8-19(22)24-18(13)10-15/h1-8,10,16H,9,11H2. The molecule has 0 saturated heterocycles. The van der Waals surface area contributed by atoms with Crippen LogP contribution in [0.5, 0.6) is 5.75 Å². The molecule has 3 aromatic rings. The highest BCUT2D eigenvalue weighted by Crippen LogP contribution is 2.22. The summed E-state index contributed by atoms with van der Waals surface area (Å²) in [4.78, 5) is 16.8. The first-order valence-electron chi connectivity index (χ1n) is 7.83. The number of halogens is 1. The van der Waals surface area contributed by atoms with E-state index in [1.807, 2.05) is 36.4 Å². The van der Waals surface area contributed by atoms with Crippen molar-refractivity contribution in [1.82, 2.24) is 0 Å². The highest BCUT2D eigenvalue weighted by molar-refractivity contribution is 9.10. The molecule has 4 rings (SSSR count). The van der Waals surface area contributed by atoms with E-state index in [1.165, 1.54) is 6.07 Å². The molecular formula is C19H14BrNO4. The summed E-state index contributed by atoms with van der Waals surface area (Å²) < 4.78 is 12.0. The van der Waals surface area contributed by atoms with Crippen LogP contribution in [0, 0.1) is 0 Å². The Bertz CT molecular complexity index is 994. The van der Waals surface area contributed by atoms with Crippen LogP contribution >= 0.6 is 15.9 Å². The van der Waals surface area contributed by atoms with Gasteiger partial charge in [-0.2, -0.15) is 0 Å². The molecule has 0 spiro atoms. The topological polar surface area (TPSA) is 61.0 Å². The number of oxime groups is 1. The summed E-state index contributed by atoms with van der Waals surface area (Å²) in [5.74, 6) is 0.627. The molecule has 25 heavy (non-hydrogen) atoms. The van der Waals surface area contributed by atoms with E-state index in [-0.39, 0.29) is 11.7 Å². The van der Waals surface area contributed by atoms with Crippen LogP contribution < -0.4 is 10.4 Å². The zero-order valence-corrected chi connectivity index (χ0v) is 14.7. The Hall–Kier alpha value is -2.60. The predicted molar refractivity (Wildman–Crippen MR) is 98.1 cm³/mol. The van der Waals surface area contributed by atoms with Gasteiger partial charge in [-0.15, -0.1) is 0 Å². The molecule has 0 saturated carbocycles. The van der Waals surface area contributed by atoms with Crippen molar-refractivity contribution < 1.29 is 14.0 Å². The predicted octanol–water partition coefficient (Wildman–Crippen LogP) is 4.13. The third-order valence-electron chi connectivity index (χ3n) is 3.94. The number of fused-ring (bicyclic) bond motifs is 1. The summed E-state index contributed by atoms with van der Waals surface area (Å²) in [5, 5.41) is 5.00. The first kappa shape index (κ1) is 15.9. The Morgan fingerprint density at radius 2 is 1.92 bits per heavy atom. The van der Waals surface area contributed by atoms with Crippen molar-refractivity contribution in [3.05, 3.63) is 75.1 Å². The minimum Gasteiger partial charge on any atom is -0.489 e. The van der Waals surface area contributed by atoms with Gasteiger partial charge in [0.05, 0.1) is 5.71 Å². The summed E-state index contributed by atoms with van der Waals surface area (Å²) >= 11 is 3.42. The van der Waals surface area contributed by atoms with Gasteiger partial charge in [0, 0.05) is 28.4 Å². The number of ether oxygens (including phenoxy) is 1. The Balaban J connectivity index is 1.39. The second kappa shape index (κ2) is 6.72. The summed E-state index contributed by atoms with van der Waals surface area (Å²) in [6.45, 7) is 0.367. The molecule has 126 valence electrons. The van der Waals surface area contributed by atoms with Crippen molar-refractivity contribution in [3.8, 4) is 5.75 Å². The van der Waals surface area contributed by atoms with Crippen LogP contribution in [0.3, 0.4) is 0 Å². The van der Waals surface area contributed by atoms with E-state index >= 15 is 0 Å². The maximum Gasteiger partial charge on any atom is 0.336 e. The second-order valence-corrected chi connectivity index (χ2v) is 6.66. The Morgan fingerprint density at radius 3 is 2.76 bits per heavy atom. The van der Waals surface area contributed by atoms with Gasteiger partial charge in [0.1, 0.15) is 17.9 Å². The highest BCUT2D eigenvalue weighted by atomic mass is 79.9. The van der Waals surface area contributed by atoms with E-state index in [2.05, 4.69) is 21.1 Å². The molecule has 0 N–H and O–H groups in total. The summed E-state index contributed by atoms with van der Waals surface area (Å²) in [6.07, 6.45) is 0.543. The molecule has 0 amide bonds. The van der Waals surface area contributed by atoms with Gasteiger partial charge < -0.3 is 14.0 Å². The maximum absolute atomic E-state index is 11.3. The van der Waals surface area contributed by atoms with Gasteiger partial charge in [0.25, 0.3) is 0 Å². The minimum absolute atomic E-state index is 0.142. The van der Waals surface area contributed by atoms with Crippen molar-refractivity contribution in [2.24, 2.45) is 5.16 Å². The quantitative estimate of drug-likeness (QED) is 0.618. The van der Waals surface area contributed by atoms with Gasteiger partial charge in [-0.3, -0.25) is 0 Å². The van der Waals surface area contributed by atoms with E-state index < -0.39 is 0 Å². The fourth-order valence-corrected chi connectivity index (χ4v) is 2.91. The van der Waals surface area contributed by atoms with Crippen LogP contribution in [0.15, 0.2) is 73.4 Å². The van der Waals surface area contributed by atoms with Crippen molar-refractivity contribution >= 4 is 32.6 Å². The van der Waals surface area contributed by atoms with Gasteiger partial charge in [-0.1, -0.05) is 33.2 Å². The van der Waals surface area contributed by atoms with Crippen molar-refractivity contribution in [2.45, 2.75) is 12.5 Å². The first-order valence-corrected chi connectivity index (χ1v) is 8.62. The van der Waals surface area contributed by atoms with Crippen molar-refractivity contribution in [2.75, 3.05) is 6.61 Å². The average molecular weight is 400 g/mol. The minimum atomic E-state index is -0.378.